The molecule has 156 valence electrons. The minimum atomic E-state index is -3.98. The molecule has 0 aliphatic heterocycles. The van der Waals surface area contributed by atoms with Crippen LogP contribution in [0.4, 0.5) is 22.7 Å². The summed E-state index contributed by atoms with van der Waals surface area (Å²) in [6.07, 6.45) is 0. The smallest absolute Gasteiger partial charge is 0.207 e. The van der Waals surface area contributed by atoms with Crippen LogP contribution in [0.3, 0.4) is 0 Å². The van der Waals surface area contributed by atoms with Crippen molar-refractivity contribution in [1.29, 1.82) is 0 Å². The summed E-state index contributed by atoms with van der Waals surface area (Å²) < 4.78 is 27.8. The average molecular weight is 431 g/mol. The van der Waals surface area contributed by atoms with Crippen LogP contribution in [0.1, 0.15) is 0 Å². The third kappa shape index (κ3) is 3.91. The first-order valence-corrected chi connectivity index (χ1v) is 11.0. The molecule has 4 rings (SSSR count). The number of nitrogen functional groups attached to an aromatic ring is 4. The molecule has 0 atom stereocenters. The van der Waals surface area contributed by atoms with Gasteiger partial charge in [-0.15, -0.1) is 0 Å². The average Bonchev–Trinajstić information content (AvgIpc) is 2.75. The Morgan fingerprint density at radius 1 is 0.452 bits per heavy atom. The number of nitrogens with two attached hydrogens (primary N) is 4. The van der Waals surface area contributed by atoms with Crippen molar-refractivity contribution in [2.24, 2.45) is 0 Å². The highest BCUT2D eigenvalue weighted by atomic mass is 32.2. The fourth-order valence-corrected chi connectivity index (χ4v) is 5.21. The second-order valence-corrected chi connectivity index (χ2v) is 9.15. The number of hydrogen-bond donors (Lipinski definition) is 4. The lowest BCUT2D eigenvalue weighted by Gasteiger charge is -2.16. The Labute approximate surface area is 181 Å². The molecule has 0 saturated carbocycles. The number of hydrogen-bond acceptors (Lipinski definition) is 6. The first kappa shape index (κ1) is 20.3. The van der Waals surface area contributed by atoms with E-state index in [2.05, 4.69) is 0 Å². The van der Waals surface area contributed by atoms with Crippen LogP contribution in [0.25, 0.3) is 22.3 Å². The lowest BCUT2D eigenvalue weighted by Crippen LogP contribution is -2.08. The standard InChI is InChI=1S/C24H22N4O2S/c25-17-5-1-15(2-6-17)21-11-9-19(27)13-23(21)31(29,30)24-14-20(28)10-12-22(24)16-3-7-18(26)8-4-16/h1-14H,25-28H2. The van der Waals surface area contributed by atoms with Crippen molar-refractivity contribution in [2.75, 3.05) is 22.9 Å². The molecule has 6 nitrogen and oxygen atoms in total. The molecular formula is C24H22N4O2S. The molecule has 0 fully saturated rings. The van der Waals surface area contributed by atoms with Gasteiger partial charge in [0.1, 0.15) is 0 Å². The molecule has 31 heavy (non-hydrogen) atoms. The van der Waals surface area contributed by atoms with Crippen LogP contribution in [0.15, 0.2) is 94.7 Å². The van der Waals surface area contributed by atoms with Crippen LogP contribution >= 0.6 is 0 Å². The van der Waals surface area contributed by atoms with Gasteiger partial charge >= 0.3 is 0 Å². The number of anilines is 4. The van der Waals surface area contributed by atoms with E-state index in [1.165, 1.54) is 12.1 Å². The number of benzene rings is 4. The van der Waals surface area contributed by atoms with E-state index in [-0.39, 0.29) is 9.79 Å². The zero-order valence-electron chi connectivity index (χ0n) is 16.6. The van der Waals surface area contributed by atoms with Crippen LogP contribution in [0, 0.1) is 0 Å². The van der Waals surface area contributed by atoms with Crippen molar-refractivity contribution in [2.45, 2.75) is 9.79 Å². The van der Waals surface area contributed by atoms with E-state index in [0.29, 0.717) is 45.0 Å². The number of rotatable bonds is 4. The lowest BCUT2D eigenvalue weighted by molar-refractivity contribution is 0.596. The summed E-state index contributed by atoms with van der Waals surface area (Å²) in [5.41, 5.74) is 27.9. The third-order valence-corrected chi connectivity index (χ3v) is 6.87. The largest absolute Gasteiger partial charge is 0.399 e. The maximum Gasteiger partial charge on any atom is 0.207 e. The van der Waals surface area contributed by atoms with Gasteiger partial charge in [0.05, 0.1) is 9.79 Å². The van der Waals surface area contributed by atoms with Gasteiger partial charge in [-0.3, -0.25) is 0 Å². The molecule has 4 aromatic rings. The Balaban J connectivity index is 1.96. The predicted molar refractivity (Wildman–Crippen MR) is 127 cm³/mol. The van der Waals surface area contributed by atoms with E-state index in [1.54, 1.807) is 72.8 Å². The summed E-state index contributed by atoms with van der Waals surface area (Å²) >= 11 is 0. The maximum absolute atomic E-state index is 13.9. The Bertz CT molecular complexity index is 1260. The summed E-state index contributed by atoms with van der Waals surface area (Å²) in [5.74, 6) is 0. The van der Waals surface area contributed by atoms with Gasteiger partial charge in [-0.25, -0.2) is 8.42 Å². The number of sulfone groups is 1. The monoisotopic (exact) mass is 430 g/mol. The summed E-state index contributed by atoms with van der Waals surface area (Å²) in [5, 5.41) is 0. The van der Waals surface area contributed by atoms with Gasteiger partial charge in [0, 0.05) is 33.9 Å². The van der Waals surface area contributed by atoms with Crippen LogP contribution < -0.4 is 22.9 Å². The summed E-state index contributed by atoms with van der Waals surface area (Å²) in [4.78, 5) is 0.194. The van der Waals surface area contributed by atoms with Crippen molar-refractivity contribution in [3.63, 3.8) is 0 Å². The molecule has 0 heterocycles. The Morgan fingerprint density at radius 2 is 0.774 bits per heavy atom. The molecule has 0 radical (unpaired) electrons. The van der Waals surface area contributed by atoms with E-state index in [0.717, 1.165) is 0 Å². The highest BCUT2D eigenvalue weighted by Gasteiger charge is 2.26. The molecule has 0 bridgehead atoms. The van der Waals surface area contributed by atoms with Gasteiger partial charge < -0.3 is 22.9 Å². The second-order valence-electron chi connectivity index (χ2n) is 7.26. The van der Waals surface area contributed by atoms with Crippen LogP contribution in [-0.2, 0) is 9.84 Å². The van der Waals surface area contributed by atoms with E-state index < -0.39 is 9.84 Å². The normalized spacial score (nSPS) is 11.4. The maximum atomic E-state index is 13.9. The molecule has 8 N–H and O–H groups in total. The molecule has 0 unspecified atom stereocenters. The van der Waals surface area contributed by atoms with Gasteiger partial charge in [-0.05, 0) is 59.7 Å². The molecule has 0 saturated heterocycles. The molecule has 0 spiro atoms. The lowest BCUT2D eigenvalue weighted by atomic mass is 10.0. The quantitative estimate of drug-likeness (QED) is 0.358. The first-order chi connectivity index (χ1) is 14.8. The molecule has 0 aromatic heterocycles. The zero-order valence-corrected chi connectivity index (χ0v) is 17.4. The van der Waals surface area contributed by atoms with Gasteiger partial charge in [0.2, 0.25) is 9.84 Å². The van der Waals surface area contributed by atoms with Crippen LogP contribution in [0.2, 0.25) is 0 Å². The van der Waals surface area contributed by atoms with Crippen LogP contribution in [-0.4, -0.2) is 8.42 Å². The van der Waals surface area contributed by atoms with Gasteiger partial charge in [0.25, 0.3) is 0 Å². The summed E-state index contributed by atoms with van der Waals surface area (Å²) in [6.45, 7) is 0. The predicted octanol–water partition coefficient (Wildman–Crippen LogP) is 4.18. The van der Waals surface area contributed by atoms with Crippen molar-refractivity contribution < 1.29 is 8.42 Å². The van der Waals surface area contributed by atoms with Crippen LogP contribution in [0.5, 0.6) is 0 Å². The van der Waals surface area contributed by atoms with E-state index in [9.17, 15) is 8.42 Å². The van der Waals surface area contributed by atoms with E-state index in [1.807, 2.05) is 0 Å². The first-order valence-electron chi connectivity index (χ1n) is 9.52. The Morgan fingerprint density at radius 3 is 1.13 bits per heavy atom. The molecule has 4 aromatic carbocycles. The van der Waals surface area contributed by atoms with Crippen molar-refractivity contribution in [3.8, 4) is 22.3 Å². The molecule has 0 aliphatic rings. The summed E-state index contributed by atoms with van der Waals surface area (Å²) in [7, 11) is -3.98. The SMILES string of the molecule is Nc1ccc(-c2ccc(N)cc2S(=O)(=O)c2cc(N)ccc2-c2ccc(N)cc2)cc1. The van der Waals surface area contributed by atoms with E-state index in [4.69, 9.17) is 22.9 Å². The van der Waals surface area contributed by atoms with Gasteiger partial charge in [-0.1, -0.05) is 36.4 Å². The highest BCUT2D eigenvalue weighted by Crippen LogP contribution is 2.38. The van der Waals surface area contributed by atoms with E-state index >= 15 is 0 Å². The molecular weight excluding hydrogens is 408 g/mol. The topological polar surface area (TPSA) is 138 Å². The second kappa shape index (κ2) is 7.70. The molecule has 0 aliphatic carbocycles. The molecule has 0 amide bonds. The summed E-state index contributed by atoms with van der Waals surface area (Å²) in [6, 6.07) is 23.7. The Kier molecular flexibility index (Phi) is 5.04. The van der Waals surface area contributed by atoms with Gasteiger partial charge in [0.15, 0.2) is 0 Å². The fourth-order valence-electron chi connectivity index (χ4n) is 3.44. The van der Waals surface area contributed by atoms with Crippen molar-refractivity contribution in [3.05, 3.63) is 84.9 Å². The fraction of sp³-hybridized carbons (Fsp3) is 0. The third-order valence-electron chi connectivity index (χ3n) is 5.03. The highest BCUT2D eigenvalue weighted by molar-refractivity contribution is 7.91. The van der Waals surface area contributed by atoms with Crippen molar-refractivity contribution >= 4 is 32.6 Å². The zero-order chi connectivity index (χ0) is 22.2. The van der Waals surface area contributed by atoms with Gasteiger partial charge in [-0.2, -0.15) is 0 Å². The molecule has 7 heteroatoms. The Hall–Kier alpha value is -3.97. The minimum Gasteiger partial charge on any atom is -0.399 e. The van der Waals surface area contributed by atoms with Crippen molar-refractivity contribution in [1.82, 2.24) is 0 Å². The minimum absolute atomic E-state index is 0.0968.